The Morgan fingerprint density at radius 2 is 2.10 bits per heavy atom. The van der Waals surface area contributed by atoms with Crippen LogP contribution in [0, 0.1) is 16.0 Å². The van der Waals surface area contributed by atoms with Crippen molar-refractivity contribution in [2.75, 3.05) is 6.79 Å². The molecule has 1 amide bonds. The Hall–Kier alpha value is -2.64. The second-order valence-electron chi connectivity index (χ2n) is 4.53. The molecule has 8 nitrogen and oxygen atoms in total. The quantitative estimate of drug-likeness (QED) is 0.505. The van der Waals surface area contributed by atoms with Crippen LogP contribution in [0.3, 0.4) is 0 Å². The predicted octanol–water partition coefficient (Wildman–Crippen LogP) is 1.18. The van der Waals surface area contributed by atoms with E-state index in [2.05, 4.69) is 10.5 Å². The van der Waals surface area contributed by atoms with Crippen LogP contribution in [0.25, 0.3) is 0 Å². The molecule has 0 spiro atoms. The van der Waals surface area contributed by atoms with Crippen molar-refractivity contribution in [2.45, 2.75) is 12.8 Å². The lowest BCUT2D eigenvalue weighted by Crippen LogP contribution is -2.19. The van der Waals surface area contributed by atoms with E-state index in [9.17, 15) is 14.9 Å². The Bertz CT molecular complexity index is 609. The van der Waals surface area contributed by atoms with Crippen LogP contribution in [0.5, 0.6) is 11.5 Å². The average Bonchev–Trinajstić information content (AvgIpc) is 3.17. The van der Waals surface area contributed by atoms with Crippen LogP contribution in [-0.4, -0.2) is 23.8 Å². The minimum atomic E-state index is -0.536. The third kappa shape index (κ3) is 2.40. The molecule has 1 N–H and O–H groups in total. The van der Waals surface area contributed by atoms with Crippen molar-refractivity contribution in [3.05, 3.63) is 27.8 Å². The highest BCUT2D eigenvalue weighted by atomic mass is 16.7. The molecule has 1 fully saturated rings. The highest BCUT2D eigenvalue weighted by Crippen LogP contribution is 2.37. The molecule has 2 aliphatic rings. The molecule has 1 saturated carbocycles. The number of fused-ring (bicyclic) bond motifs is 1. The van der Waals surface area contributed by atoms with Gasteiger partial charge in [0.15, 0.2) is 11.5 Å². The number of ether oxygens (including phenoxy) is 2. The Kier molecular flexibility index (Phi) is 2.97. The molecule has 0 radical (unpaired) electrons. The number of benzene rings is 1. The smallest absolute Gasteiger partial charge is 0.282 e. The van der Waals surface area contributed by atoms with Crippen LogP contribution >= 0.6 is 0 Å². The van der Waals surface area contributed by atoms with Gasteiger partial charge in [0.05, 0.1) is 22.8 Å². The number of carbonyl (C=O) groups is 1. The molecule has 0 atom stereocenters. The summed E-state index contributed by atoms with van der Waals surface area (Å²) in [6.07, 6.45) is 2.97. The lowest BCUT2D eigenvalue weighted by molar-refractivity contribution is -0.385. The molecule has 8 heteroatoms. The van der Waals surface area contributed by atoms with Crippen LogP contribution in [0.1, 0.15) is 18.4 Å². The van der Waals surface area contributed by atoms with Crippen molar-refractivity contribution in [1.29, 1.82) is 0 Å². The van der Waals surface area contributed by atoms with Gasteiger partial charge in [-0.1, -0.05) is 0 Å². The number of amides is 1. The Morgan fingerprint density at radius 3 is 2.75 bits per heavy atom. The van der Waals surface area contributed by atoms with Crippen LogP contribution in [0.2, 0.25) is 0 Å². The second-order valence-corrected chi connectivity index (χ2v) is 4.53. The number of nitrogens with zero attached hydrogens (tertiary/aromatic N) is 2. The summed E-state index contributed by atoms with van der Waals surface area (Å²) in [7, 11) is 0. The van der Waals surface area contributed by atoms with E-state index in [4.69, 9.17) is 9.47 Å². The predicted molar refractivity (Wildman–Crippen MR) is 67.7 cm³/mol. The summed E-state index contributed by atoms with van der Waals surface area (Å²) in [5.41, 5.74) is 2.45. The number of nitrogens with one attached hydrogen (secondary N) is 1. The summed E-state index contributed by atoms with van der Waals surface area (Å²) in [4.78, 5) is 21.9. The fourth-order valence-corrected chi connectivity index (χ4v) is 1.81. The topological polar surface area (TPSA) is 103 Å². The zero-order valence-electron chi connectivity index (χ0n) is 10.4. The number of rotatable bonds is 4. The molecule has 1 aliphatic carbocycles. The van der Waals surface area contributed by atoms with Gasteiger partial charge in [0.2, 0.25) is 12.7 Å². The number of nitro benzene ring substituents is 1. The largest absolute Gasteiger partial charge is 0.454 e. The molecule has 1 aromatic carbocycles. The Labute approximate surface area is 113 Å². The summed E-state index contributed by atoms with van der Waals surface area (Å²) in [6, 6.07) is 2.75. The normalized spacial score (nSPS) is 16.4. The first-order valence-electron chi connectivity index (χ1n) is 6.06. The molecular weight excluding hydrogens is 266 g/mol. The second kappa shape index (κ2) is 4.80. The maximum absolute atomic E-state index is 11.4. The first-order chi connectivity index (χ1) is 9.65. The van der Waals surface area contributed by atoms with Crippen molar-refractivity contribution in [1.82, 2.24) is 5.43 Å². The summed E-state index contributed by atoms with van der Waals surface area (Å²) in [5.74, 6) is 0.616. The van der Waals surface area contributed by atoms with E-state index in [1.807, 2.05) is 0 Å². The van der Waals surface area contributed by atoms with Gasteiger partial charge in [-0.15, -0.1) is 0 Å². The molecular formula is C12H11N3O5. The molecule has 1 heterocycles. The van der Waals surface area contributed by atoms with Crippen LogP contribution in [0.4, 0.5) is 5.69 Å². The van der Waals surface area contributed by atoms with Crippen LogP contribution in [0.15, 0.2) is 17.2 Å². The van der Waals surface area contributed by atoms with Gasteiger partial charge < -0.3 is 9.47 Å². The highest BCUT2D eigenvalue weighted by Gasteiger charge is 2.29. The third-order valence-corrected chi connectivity index (χ3v) is 3.05. The highest BCUT2D eigenvalue weighted by molar-refractivity contribution is 5.88. The van der Waals surface area contributed by atoms with Crippen molar-refractivity contribution < 1.29 is 19.2 Å². The van der Waals surface area contributed by atoms with Crippen molar-refractivity contribution in [3.8, 4) is 11.5 Å². The van der Waals surface area contributed by atoms with E-state index < -0.39 is 4.92 Å². The summed E-state index contributed by atoms with van der Waals surface area (Å²) in [6.45, 7) is 0.0332. The van der Waals surface area contributed by atoms with Crippen molar-refractivity contribution in [2.24, 2.45) is 11.0 Å². The summed E-state index contributed by atoms with van der Waals surface area (Å²) >= 11 is 0. The molecule has 0 unspecified atom stereocenters. The van der Waals surface area contributed by atoms with Gasteiger partial charge in [-0.25, -0.2) is 5.43 Å². The van der Waals surface area contributed by atoms with E-state index >= 15 is 0 Å². The van der Waals surface area contributed by atoms with Crippen LogP contribution in [-0.2, 0) is 4.79 Å². The molecule has 3 rings (SSSR count). The average molecular weight is 277 g/mol. The number of hydrazone groups is 1. The summed E-state index contributed by atoms with van der Waals surface area (Å²) < 4.78 is 10.2. The fraction of sp³-hybridized carbons (Fsp3) is 0.333. The van der Waals surface area contributed by atoms with E-state index in [1.54, 1.807) is 0 Å². The molecule has 20 heavy (non-hydrogen) atoms. The number of nitro groups is 1. The van der Waals surface area contributed by atoms with E-state index in [0.29, 0.717) is 11.5 Å². The first kappa shape index (κ1) is 12.4. The van der Waals surface area contributed by atoms with Gasteiger partial charge in [0, 0.05) is 5.92 Å². The number of carbonyl (C=O) groups excluding carboxylic acids is 1. The summed E-state index contributed by atoms with van der Waals surface area (Å²) in [5, 5.41) is 14.7. The van der Waals surface area contributed by atoms with E-state index in [0.717, 1.165) is 12.8 Å². The first-order valence-corrected chi connectivity index (χ1v) is 6.06. The molecule has 1 aliphatic heterocycles. The fourth-order valence-electron chi connectivity index (χ4n) is 1.81. The lowest BCUT2D eigenvalue weighted by Gasteiger charge is -2.01. The molecule has 0 aromatic heterocycles. The number of hydrogen-bond donors (Lipinski definition) is 1. The number of hydrogen-bond acceptors (Lipinski definition) is 6. The zero-order chi connectivity index (χ0) is 14.1. The van der Waals surface area contributed by atoms with Crippen LogP contribution < -0.4 is 14.9 Å². The molecule has 1 aromatic rings. The van der Waals surface area contributed by atoms with Gasteiger partial charge in [-0.05, 0) is 18.9 Å². The molecule has 0 bridgehead atoms. The van der Waals surface area contributed by atoms with Gasteiger partial charge in [-0.3, -0.25) is 14.9 Å². The van der Waals surface area contributed by atoms with Crippen molar-refractivity contribution >= 4 is 17.8 Å². The minimum absolute atomic E-state index is 0.0267. The zero-order valence-corrected chi connectivity index (χ0v) is 10.4. The third-order valence-electron chi connectivity index (χ3n) is 3.05. The Morgan fingerprint density at radius 1 is 1.40 bits per heavy atom. The lowest BCUT2D eigenvalue weighted by atomic mass is 10.1. The van der Waals surface area contributed by atoms with Crippen molar-refractivity contribution in [3.63, 3.8) is 0 Å². The van der Waals surface area contributed by atoms with Gasteiger partial charge in [-0.2, -0.15) is 5.10 Å². The monoisotopic (exact) mass is 277 g/mol. The maximum atomic E-state index is 11.4. The van der Waals surface area contributed by atoms with Gasteiger partial charge in [0.1, 0.15) is 0 Å². The SMILES string of the molecule is O=C(N/N=C\c1cc2c(cc1[N+](=O)[O-])OCO2)C1CC1. The maximum Gasteiger partial charge on any atom is 0.282 e. The van der Waals surface area contributed by atoms with E-state index in [1.165, 1.54) is 18.3 Å². The minimum Gasteiger partial charge on any atom is -0.454 e. The molecule has 0 saturated heterocycles. The Balaban J connectivity index is 1.81. The molecule has 104 valence electrons. The van der Waals surface area contributed by atoms with Gasteiger partial charge in [0.25, 0.3) is 5.69 Å². The van der Waals surface area contributed by atoms with E-state index in [-0.39, 0.29) is 29.9 Å². The standard InChI is InChI=1S/C12H11N3O5/c16-12(7-1-2-7)14-13-5-8-3-10-11(20-6-19-10)4-9(8)15(17)18/h3-5,7H,1-2,6H2,(H,14,16)/b13-5-. The van der Waals surface area contributed by atoms with Gasteiger partial charge >= 0.3 is 0 Å².